The van der Waals surface area contributed by atoms with E-state index in [4.69, 9.17) is 14.6 Å². The summed E-state index contributed by atoms with van der Waals surface area (Å²) < 4.78 is 11.8. The maximum atomic E-state index is 11.1. The van der Waals surface area contributed by atoms with E-state index in [1.54, 1.807) is 0 Å². The number of benzene rings is 1. The lowest BCUT2D eigenvalue weighted by Gasteiger charge is -2.25. The Morgan fingerprint density at radius 1 is 1.47 bits per heavy atom. The molecular formula is C14H15BrO4. The van der Waals surface area contributed by atoms with Crippen LogP contribution in [0.3, 0.4) is 0 Å². The monoisotopic (exact) mass is 326 g/mol. The van der Waals surface area contributed by atoms with Gasteiger partial charge in [0.1, 0.15) is 5.75 Å². The first-order valence-corrected chi connectivity index (χ1v) is 7.19. The van der Waals surface area contributed by atoms with Crippen LogP contribution in [0, 0.1) is 5.92 Å². The van der Waals surface area contributed by atoms with E-state index in [0.29, 0.717) is 12.5 Å². The van der Waals surface area contributed by atoms with Gasteiger partial charge >= 0.3 is 5.97 Å². The Morgan fingerprint density at radius 3 is 2.95 bits per heavy atom. The fourth-order valence-electron chi connectivity index (χ4n) is 2.74. The first-order valence-electron chi connectivity index (χ1n) is 6.40. The summed E-state index contributed by atoms with van der Waals surface area (Å²) in [6.07, 6.45) is 2.38. The zero-order chi connectivity index (χ0) is 13.4. The first-order chi connectivity index (χ1) is 9.16. The summed E-state index contributed by atoms with van der Waals surface area (Å²) in [6.45, 7) is 0.758. The molecule has 0 aromatic heterocycles. The highest BCUT2D eigenvalue weighted by Gasteiger charge is 2.37. The van der Waals surface area contributed by atoms with Crippen LogP contribution in [0.2, 0.25) is 0 Å². The normalized spacial score (nSPS) is 19.4. The molecule has 2 aliphatic rings. The average molecular weight is 327 g/mol. The Bertz CT molecular complexity index is 510. The van der Waals surface area contributed by atoms with E-state index >= 15 is 0 Å². The number of fused-ring (bicyclic) bond motifs is 1. The predicted molar refractivity (Wildman–Crippen MR) is 72.1 cm³/mol. The van der Waals surface area contributed by atoms with Crippen molar-refractivity contribution in [2.75, 3.05) is 6.79 Å². The van der Waals surface area contributed by atoms with E-state index in [-0.39, 0.29) is 19.1 Å². The van der Waals surface area contributed by atoms with Crippen LogP contribution >= 0.6 is 15.9 Å². The van der Waals surface area contributed by atoms with E-state index in [1.807, 2.05) is 12.1 Å². The minimum atomic E-state index is -0.751. The zero-order valence-corrected chi connectivity index (χ0v) is 12.0. The number of aliphatic carboxylic acids is 1. The summed E-state index contributed by atoms with van der Waals surface area (Å²) in [6, 6.07) is 3.85. The highest BCUT2D eigenvalue weighted by molar-refractivity contribution is 9.10. The van der Waals surface area contributed by atoms with Gasteiger partial charge in [-0.1, -0.05) is 15.9 Å². The van der Waals surface area contributed by atoms with Gasteiger partial charge < -0.3 is 14.6 Å². The molecule has 1 fully saturated rings. The molecule has 1 atom stereocenters. The Morgan fingerprint density at radius 2 is 2.26 bits per heavy atom. The molecule has 0 spiro atoms. The van der Waals surface area contributed by atoms with E-state index in [9.17, 15) is 4.79 Å². The minimum absolute atomic E-state index is 0.0483. The molecular weight excluding hydrogens is 312 g/mol. The molecule has 1 N–H and O–H groups in total. The van der Waals surface area contributed by atoms with Crippen molar-refractivity contribution in [1.82, 2.24) is 0 Å². The number of halogens is 1. The highest BCUT2D eigenvalue weighted by Crippen LogP contribution is 2.49. The van der Waals surface area contributed by atoms with E-state index in [2.05, 4.69) is 15.9 Å². The summed E-state index contributed by atoms with van der Waals surface area (Å²) in [5, 5.41) is 9.14. The molecule has 0 radical (unpaired) electrons. The van der Waals surface area contributed by atoms with Crippen LogP contribution in [-0.4, -0.2) is 17.9 Å². The van der Waals surface area contributed by atoms with E-state index < -0.39 is 5.97 Å². The quantitative estimate of drug-likeness (QED) is 0.922. The molecule has 1 aliphatic heterocycles. The molecule has 102 valence electrons. The Balaban J connectivity index is 2.03. The number of hydrogen-bond donors (Lipinski definition) is 1. The summed E-state index contributed by atoms with van der Waals surface area (Å²) in [5.74, 6) is 0.590. The lowest BCUT2D eigenvalue weighted by Crippen LogP contribution is -2.17. The van der Waals surface area contributed by atoms with Crippen LogP contribution in [0.5, 0.6) is 5.75 Å². The summed E-state index contributed by atoms with van der Waals surface area (Å²) in [5.41, 5.74) is 2.06. The SMILES string of the molecule is O=C(O)CC(c1c(Br)ccc2c1COCO2)C1CC1. The van der Waals surface area contributed by atoms with Crippen LogP contribution in [-0.2, 0) is 16.1 Å². The van der Waals surface area contributed by atoms with Crippen molar-refractivity contribution in [3.63, 3.8) is 0 Å². The second-order valence-corrected chi connectivity index (χ2v) is 5.94. The number of carboxylic acids is 1. The van der Waals surface area contributed by atoms with Crippen LogP contribution in [0.4, 0.5) is 0 Å². The molecule has 0 saturated heterocycles. The molecule has 1 aliphatic carbocycles. The number of hydrogen-bond acceptors (Lipinski definition) is 3. The molecule has 1 heterocycles. The standard InChI is InChI=1S/C14H15BrO4/c15-11-3-4-12-10(6-18-7-19-12)14(11)9(5-13(16)17)8-1-2-8/h3-4,8-9H,1-2,5-7H2,(H,16,17). The lowest BCUT2D eigenvalue weighted by molar-refractivity contribution is -0.137. The van der Waals surface area contributed by atoms with Crippen LogP contribution in [0.1, 0.15) is 36.3 Å². The van der Waals surface area contributed by atoms with Gasteiger partial charge in [0.15, 0.2) is 6.79 Å². The van der Waals surface area contributed by atoms with Gasteiger partial charge in [0.25, 0.3) is 0 Å². The molecule has 1 aromatic rings. The number of carbonyl (C=O) groups is 1. The summed E-state index contributed by atoms with van der Waals surface area (Å²) in [4.78, 5) is 11.1. The van der Waals surface area contributed by atoms with Crippen molar-refractivity contribution in [2.45, 2.75) is 31.8 Å². The third-order valence-electron chi connectivity index (χ3n) is 3.76. The molecule has 4 nitrogen and oxygen atoms in total. The van der Waals surface area contributed by atoms with Gasteiger partial charge in [-0.15, -0.1) is 0 Å². The molecule has 19 heavy (non-hydrogen) atoms. The maximum absolute atomic E-state index is 11.1. The maximum Gasteiger partial charge on any atom is 0.303 e. The fourth-order valence-corrected chi connectivity index (χ4v) is 3.41. The van der Waals surface area contributed by atoms with Crippen molar-refractivity contribution in [1.29, 1.82) is 0 Å². The molecule has 1 aromatic carbocycles. The molecule has 0 amide bonds. The van der Waals surface area contributed by atoms with E-state index in [0.717, 1.165) is 34.2 Å². The average Bonchev–Trinajstić information content (AvgIpc) is 3.20. The van der Waals surface area contributed by atoms with Crippen molar-refractivity contribution in [3.05, 3.63) is 27.7 Å². The summed E-state index contributed by atoms with van der Waals surface area (Å²) >= 11 is 3.56. The largest absolute Gasteiger partial charge is 0.481 e. The number of ether oxygens (including phenoxy) is 2. The molecule has 1 unspecified atom stereocenters. The molecule has 5 heteroatoms. The van der Waals surface area contributed by atoms with Crippen molar-refractivity contribution in [3.8, 4) is 5.75 Å². The van der Waals surface area contributed by atoms with Crippen molar-refractivity contribution in [2.24, 2.45) is 5.92 Å². The lowest BCUT2D eigenvalue weighted by atomic mass is 9.87. The van der Waals surface area contributed by atoms with Crippen LogP contribution in [0.25, 0.3) is 0 Å². The van der Waals surface area contributed by atoms with Gasteiger partial charge in [0.05, 0.1) is 13.0 Å². The Hall–Kier alpha value is -1.07. The van der Waals surface area contributed by atoms with Gasteiger partial charge in [-0.25, -0.2) is 0 Å². The third kappa shape index (κ3) is 2.62. The smallest absolute Gasteiger partial charge is 0.303 e. The molecule has 3 rings (SSSR count). The minimum Gasteiger partial charge on any atom is -0.481 e. The van der Waals surface area contributed by atoms with Gasteiger partial charge in [-0.2, -0.15) is 0 Å². The van der Waals surface area contributed by atoms with Crippen LogP contribution in [0.15, 0.2) is 16.6 Å². The van der Waals surface area contributed by atoms with E-state index in [1.165, 1.54) is 0 Å². The fraction of sp³-hybridized carbons (Fsp3) is 0.500. The first kappa shape index (κ1) is 12.9. The predicted octanol–water partition coefficient (Wildman–Crippen LogP) is 3.28. The Kier molecular flexibility index (Phi) is 3.50. The Labute approximate surface area is 119 Å². The topological polar surface area (TPSA) is 55.8 Å². The van der Waals surface area contributed by atoms with Crippen LogP contribution < -0.4 is 4.74 Å². The van der Waals surface area contributed by atoms with Crippen molar-refractivity contribution >= 4 is 21.9 Å². The molecule has 1 saturated carbocycles. The van der Waals surface area contributed by atoms with Gasteiger partial charge in [-0.3, -0.25) is 4.79 Å². The van der Waals surface area contributed by atoms with Gasteiger partial charge in [0.2, 0.25) is 0 Å². The number of carboxylic acid groups (broad SMARTS) is 1. The van der Waals surface area contributed by atoms with Gasteiger partial charge in [-0.05, 0) is 42.4 Å². The number of rotatable bonds is 4. The third-order valence-corrected chi connectivity index (χ3v) is 4.45. The summed E-state index contributed by atoms with van der Waals surface area (Å²) in [7, 11) is 0. The zero-order valence-electron chi connectivity index (χ0n) is 10.4. The highest BCUT2D eigenvalue weighted by atomic mass is 79.9. The van der Waals surface area contributed by atoms with Crippen molar-refractivity contribution < 1.29 is 19.4 Å². The second-order valence-electron chi connectivity index (χ2n) is 5.09. The molecule has 0 bridgehead atoms. The van der Waals surface area contributed by atoms with Gasteiger partial charge in [0, 0.05) is 10.0 Å². The second kappa shape index (κ2) is 5.13.